The first-order valence-electron chi connectivity index (χ1n) is 14.4. The minimum Gasteiger partial charge on any atom is -0.493 e. The quantitative estimate of drug-likeness (QED) is 0.274. The lowest BCUT2D eigenvalue weighted by Crippen LogP contribution is -2.62. The van der Waals surface area contributed by atoms with Crippen molar-refractivity contribution in [2.45, 2.75) is 43.1 Å². The highest BCUT2D eigenvalue weighted by Crippen LogP contribution is 2.67. The first kappa shape index (κ1) is 27.3. The molecule has 2 aliphatic heterocycles. The molecule has 7 nitrogen and oxygen atoms in total. The van der Waals surface area contributed by atoms with Gasteiger partial charge in [-0.1, -0.05) is 48.0 Å². The van der Waals surface area contributed by atoms with Crippen LogP contribution in [-0.2, 0) is 19.9 Å². The summed E-state index contributed by atoms with van der Waals surface area (Å²) in [4.78, 5) is 16.1. The van der Waals surface area contributed by atoms with E-state index in [9.17, 15) is 9.90 Å². The molecule has 218 valence electrons. The van der Waals surface area contributed by atoms with E-state index in [1.165, 1.54) is 11.6 Å². The highest BCUT2D eigenvalue weighted by atomic mass is 35.5. The lowest BCUT2D eigenvalue weighted by atomic mass is 9.51. The lowest BCUT2D eigenvalue weighted by Gasteiger charge is -2.58. The van der Waals surface area contributed by atoms with Crippen molar-refractivity contribution in [1.82, 2.24) is 4.90 Å². The van der Waals surface area contributed by atoms with Gasteiger partial charge in [-0.15, -0.1) is 0 Å². The summed E-state index contributed by atoms with van der Waals surface area (Å²) >= 11 is 6.29. The number of aliphatic hydroxyl groups is 1. The van der Waals surface area contributed by atoms with E-state index in [2.05, 4.69) is 24.1 Å². The molecule has 2 fully saturated rings. The Morgan fingerprint density at radius 2 is 1.90 bits per heavy atom. The van der Waals surface area contributed by atoms with Gasteiger partial charge in [-0.2, -0.15) is 0 Å². The number of rotatable bonds is 6. The van der Waals surface area contributed by atoms with E-state index in [0.717, 1.165) is 36.1 Å². The Morgan fingerprint density at radius 3 is 2.67 bits per heavy atom. The van der Waals surface area contributed by atoms with Crippen molar-refractivity contribution in [2.24, 2.45) is 11.3 Å². The van der Waals surface area contributed by atoms with Gasteiger partial charge in [0, 0.05) is 46.0 Å². The summed E-state index contributed by atoms with van der Waals surface area (Å²) in [6.07, 6.45) is 10.4. The molecule has 0 radical (unpaired) electrons. The van der Waals surface area contributed by atoms with E-state index >= 15 is 0 Å². The Morgan fingerprint density at radius 1 is 1.12 bits per heavy atom. The second-order valence-electron chi connectivity index (χ2n) is 11.8. The standard InChI is InChI=1S/C34H34ClNO6/c1-36-17-16-33-24-10-11-26(37)31(33)41-32-30(33)21(19-25(24)36)14-15-34(32,22-6-8-23(35)9-7-22)42-29(38)13-5-20-4-12-27(39-2)28(18-20)40-3/h4-14,18,24-26,31,37H,15-17,19H2,1-3H3/t24-,25+,26-,31-,33-,34?/m0/s1. The summed E-state index contributed by atoms with van der Waals surface area (Å²) in [5.74, 6) is 1.52. The number of ether oxygens (including phenoxy) is 4. The van der Waals surface area contributed by atoms with Crippen LogP contribution in [0.25, 0.3) is 6.08 Å². The van der Waals surface area contributed by atoms with Crippen LogP contribution < -0.4 is 9.47 Å². The zero-order valence-corrected chi connectivity index (χ0v) is 24.6. The van der Waals surface area contributed by atoms with Gasteiger partial charge in [0.05, 0.1) is 14.2 Å². The average Bonchev–Trinajstić information content (AvgIpc) is 3.36. The molecular weight excluding hydrogens is 554 g/mol. The molecule has 1 saturated carbocycles. The highest BCUT2D eigenvalue weighted by Gasteiger charge is 2.68. The highest BCUT2D eigenvalue weighted by molar-refractivity contribution is 6.30. The molecule has 2 aromatic rings. The molecule has 5 aliphatic rings. The van der Waals surface area contributed by atoms with E-state index in [1.807, 2.05) is 36.4 Å². The summed E-state index contributed by atoms with van der Waals surface area (Å²) in [5.41, 5.74) is 2.33. The van der Waals surface area contributed by atoms with Gasteiger partial charge in [-0.25, -0.2) is 4.79 Å². The Kier molecular flexibility index (Phi) is 6.53. The number of nitrogens with zero attached hydrogens (tertiary/aromatic N) is 1. The second-order valence-corrected chi connectivity index (χ2v) is 12.3. The Balaban J connectivity index is 1.31. The van der Waals surface area contributed by atoms with Gasteiger partial charge in [-0.3, -0.25) is 0 Å². The zero-order valence-electron chi connectivity index (χ0n) is 23.9. The molecule has 1 spiro atoms. The third-order valence-electron chi connectivity index (χ3n) is 9.88. The molecule has 2 bridgehead atoms. The number of benzene rings is 2. The summed E-state index contributed by atoms with van der Waals surface area (Å²) < 4.78 is 24.1. The number of esters is 1. The van der Waals surface area contributed by atoms with Gasteiger partial charge >= 0.3 is 5.97 Å². The van der Waals surface area contributed by atoms with E-state index < -0.39 is 23.8 Å². The molecule has 7 rings (SSSR count). The van der Waals surface area contributed by atoms with Crippen LogP contribution >= 0.6 is 11.6 Å². The van der Waals surface area contributed by atoms with Gasteiger partial charge in [0.1, 0.15) is 18.0 Å². The molecule has 1 N–H and O–H groups in total. The molecule has 3 aliphatic carbocycles. The summed E-state index contributed by atoms with van der Waals surface area (Å²) in [5, 5.41) is 11.8. The van der Waals surface area contributed by atoms with Crippen LogP contribution in [-0.4, -0.2) is 62.0 Å². The van der Waals surface area contributed by atoms with Crippen molar-refractivity contribution in [1.29, 1.82) is 0 Å². The van der Waals surface area contributed by atoms with Gasteiger partial charge in [0.25, 0.3) is 0 Å². The lowest BCUT2D eigenvalue weighted by molar-refractivity contribution is -0.157. The van der Waals surface area contributed by atoms with Gasteiger partial charge in [0.2, 0.25) is 0 Å². The number of carbonyl (C=O) groups is 1. The number of carbonyl (C=O) groups excluding carboxylic acids is 1. The number of hydrogen-bond acceptors (Lipinski definition) is 7. The molecule has 8 heteroatoms. The predicted octanol–water partition coefficient (Wildman–Crippen LogP) is 5.43. The number of hydrogen-bond donors (Lipinski definition) is 1. The van der Waals surface area contributed by atoms with Crippen molar-refractivity contribution in [3.05, 3.63) is 99.8 Å². The maximum atomic E-state index is 13.6. The van der Waals surface area contributed by atoms with E-state index in [1.54, 1.807) is 32.4 Å². The van der Waals surface area contributed by atoms with Crippen molar-refractivity contribution < 1.29 is 28.8 Å². The van der Waals surface area contributed by atoms with Crippen molar-refractivity contribution in [3.8, 4) is 11.5 Å². The van der Waals surface area contributed by atoms with Crippen LogP contribution in [0.15, 0.2) is 83.7 Å². The van der Waals surface area contributed by atoms with E-state index in [4.69, 9.17) is 30.5 Å². The van der Waals surface area contributed by atoms with E-state index in [0.29, 0.717) is 34.7 Å². The Bertz CT molecular complexity index is 1560. The first-order valence-corrected chi connectivity index (χ1v) is 14.8. The number of likely N-dealkylation sites (tertiary alicyclic amines) is 1. The number of aliphatic hydroxyl groups excluding tert-OH is 1. The predicted molar refractivity (Wildman–Crippen MR) is 159 cm³/mol. The summed E-state index contributed by atoms with van der Waals surface area (Å²) in [6.45, 7) is 0.910. The van der Waals surface area contributed by atoms with Gasteiger partial charge < -0.3 is 29.0 Å². The van der Waals surface area contributed by atoms with Crippen LogP contribution in [0.3, 0.4) is 0 Å². The Hall–Kier alpha value is -3.52. The molecule has 1 unspecified atom stereocenters. The van der Waals surface area contributed by atoms with Crippen molar-refractivity contribution >= 4 is 23.6 Å². The van der Waals surface area contributed by atoms with Crippen molar-refractivity contribution in [2.75, 3.05) is 27.8 Å². The number of methoxy groups -OCH3 is 2. The van der Waals surface area contributed by atoms with Crippen LogP contribution in [0.5, 0.6) is 11.5 Å². The fourth-order valence-corrected chi connectivity index (χ4v) is 8.05. The first-order chi connectivity index (χ1) is 20.3. The summed E-state index contributed by atoms with van der Waals surface area (Å²) in [7, 11) is 5.34. The van der Waals surface area contributed by atoms with Crippen LogP contribution in [0.1, 0.15) is 30.4 Å². The normalized spacial score (nSPS) is 32.7. The largest absolute Gasteiger partial charge is 0.493 e. The minimum absolute atomic E-state index is 0.205. The molecular formula is C34H34ClNO6. The number of piperidine rings is 1. The van der Waals surface area contributed by atoms with Crippen LogP contribution in [0.2, 0.25) is 5.02 Å². The SMILES string of the molecule is COc1ccc(C=CC(=O)OC2(c3ccc(Cl)cc3)CC=C3C[C@@H]4[C@@H]5C=C[C@H](O)[C@@H]6OC2=C3[C@]56CCN4C)cc1OC. The molecule has 1 saturated heterocycles. The monoisotopic (exact) mass is 587 g/mol. The molecule has 6 atom stereocenters. The summed E-state index contributed by atoms with van der Waals surface area (Å²) in [6, 6.07) is 13.2. The fraction of sp³-hybridized carbons (Fsp3) is 0.382. The molecule has 42 heavy (non-hydrogen) atoms. The maximum absolute atomic E-state index is 13.6. The third-order valence-corrected chi connectivity index (χ3v) is 10.1. The van der Waals surface area contributed by atoms with Gasteiger partial charge in [0.15, 0.2) is 17.1 Å². The molecule has 2 aromatic carbocycles. The maximum Gasteiger partial charge on any atom is 0.332 e. The second kappa shape index (κ2) is 10.0. The smallest absolute Gasteiger partial charge is 0.332 e. The zero-order chi connectivity index (χ0) is 29.2. The third kappa shape index (κ3) is 3.90. The molecule has 2 heterocycles. The molecule has 0 aromatic heterocycles. The Labute approximate surface area is 250 Å². The van der Waals surface area contributed by atoms with Crippen LogP contribution in [0.4, 0.5) is 0 Å². The van der Waals surface area contributed by atoms with E-state index in [-0.39, 0.29) is 11.3 Å². The van der Waals surface area contributed by atoms with Gasteiger partial charge in [-0.05, 0) is 67.9 Å². The molecule has 0 amide bonds. The average molecular weight is 588 g/mol. The van der Waals surface area contributed by atoms with Crippen LogP contribution in [0, 0.1) is 11.3 Å². The topological polar surface area (TPSA) is 77.5 Å². The fourth-order valence-electron chi connectivity index (χ4n) is 7.93. The minimum atomic E-state index is -1.20. The van der Waals surface area contributed by atoms with Crippen molar-refractivity contribution in [3.63, 3.8) is 0 Å². The number of halogens is 1.